The third-order valence-corrected chi connectivity index (χ3v) is 3.03. The molecule has 0 aliphatic heterocycles. The molecule has 0 N–H and O–H groups in total. The molecule has 1 aromatic heterocycles. The normalized spacial score (nSPS) is 12.3. The summed E-state index contributed by atoms with van der Waals surface area (Å²) in [5.74, 6) is -0.0982. The van der Waals surface area contributed by atoms with E-state index < -0.39 is 0 Å². The molecule has 1 aromatic carbocycles. The molecule has 0 fully saturated rings. The van der Waals surface area contributed by atoms with Crippen LogP contribution in [0.15, 0.2) is 36.2 Å². The Balaban J connectivity index is 2.61. The van der Waals surface area contributed by atoms with Crippen LogP contribution in [0.3, 0.4) is 0 Å². The molecule has 4 heteroatoms. The molecule has 2 rings (SSSR count). The van der Waals surface area contributed by atoms with E-state index in [-0.39, 0.29) is 16.5 Å². The quantitative estimate of drug-likeness (QED) is 0.613. The van der Waals surface area contributed by atoms with E-state index >= 15 is 0 Å². The maximum Gasteiger partial charge on any atom is 0.249 e. The summed E-state index contributed by atoms with van der Waals surface area (Å²) in [6, 6.07) is 7.90. The highest BCUT2D eigenvalue weighted by atomic mass is 16.6. The molecule has 18 heavy (non-hydrogen) atoms. The Labute approximate surface area is 106 Å². The minimum atomic E-state index is -0.299. The molecule has 0 spiro atoms. The average Bonchev–Trinajstić information content (AvgIpc) is 2.63. The number of nitrogens with zero attached hydrogens (tertiary/aromatic N) is 2. The third-order valence-electron chi connectivity index (χ3n) is 3.03. The Morgan fingerprint density at radius 2 is 2.06 bits per heavy atom. The number of para-hydroxylation sites is 1. The van der Waals surface area contributed by atoms with Gasteiger partial charge in [-0.15, -0.1) is 0 Å². The lowest BCUT2D eigenvalue weighted by Crippen LogP contribution is -2.05. The number of rotatable bonds is 3. The number of nitro groups is 1. The molecule has 0 aliphatic rings. The molecule has 0 unspecified atom stereocenters. The standard InChI is InChI=1S/C14H16N2O2/c1-10(2)14(16(17)18)8-11-9-15(3)13-7-5-4-6-12(11)13/h4-10H,1-3H3/b14-8-. The summed E-state index contributed by atoms with van der Waals surface area (Å²) >= 11 is 0. The van der Waals surface area contributed by atoms with Crippen LogP contribution in [0, 0.1) is 16.0 Å². The molecule has 0 saturated carbocycles. The third kappa shape index (κ3) is 2.14. The van der Waals surface area contributed by atoms with Gasteiger partial charge in [-0.1, -0.05) is 32.0 Å². The lowest BCUT2D eigenvalue weighted by Gasteiger charge is -2.01. The van der Waals surface area contributed by atoms with Crippen LogP contribution >= 0.6 is 0 Å². The summed E-state index contributed by atoms with van der Waals surface area (Å²) in [5.41, 5.74) is 2.22. The number of aryl methyl sites for hydroxylation is 1. The van der Waals surface area contributed by atoms with Gasteiger partial charge in [0.1, 0.15) is 0 Å². The zero-order chi connectivity index (χ0) is 13.3. The first-order valence-electron chi connectivity index (χ1n) is 5.90. The number of fused-ring (bicyclic) bond motifs is 1. The maximum absolute atomic E-state index is 11.0. The fourth-order valence-corrected chi connectivity index (χ4v) is 2.08. The van der Waals surface area contributed by atoms with E-state index in [0.717, 1.165) is 16.5 Å². The minimum absolute atomic E-state index is 0.0982. The molecule has 0 atom stereocenters. The van der Waals surface area contributed by atoms with E-state index in [0.29, 0.717) is 0 Å². The van der Waals surface area contributed by atoms with Gasteiger partial charge in [-0.05, 0) is 6.07 Å². The fraction of sp³-hybridized carbons (Fsp3) is 0.286. The summed E-state index contributed by atoms with van der Waals surface area (Å²) in [6.07, 6.45) is 3.60. The van der Waals surface area contributed by atoms with Crippen molar-refractivity contribution < 1.29 is 4.92 Å². The van der Waals surface area contributed by atoms with E-state index in [1.165, 1.54) is 0 Å². The van der Waals surface area contributed by atoms with Gasteiger partial charge in [0, 0.05) is 41.7 Å². The predicted octanol–water partition coefficient (Wildman–Crippen LogP) is 3.45. The van der Waals surface area contributed by atoms with E-state index in [9.17, 15) is 10.1 Å². The predicted molar refractivity (Wildman–Crippen MR) is 72.7 cm³/mol. The maximum atomic E-state index is 11.0. The Bertz CT molecular complexity index is 624. The van der Waals surface area contributed by atoms with Gasteiger partial charge in [-0.2, -0.15) is 0 Å². The lowest BCUT2D eigenvalue weighted by atomic mass is 10.1. The van der Waals surface area contributed by atoms with E-state index in [2.05, 4.69) is 0 Å². The first-order chi connectivity index (χ1) is 8.50. The molecule has 2 aromatic rings. The minimum Gasteiger partial charge on any atom is -0.350 e. The van der Waals surface area contributed by atoms with Gasteiger partial charge in [0.2, 0.25) is 5.70 Å². The lowest BCUT2D eigenvalue weighted by molar-refractivity contribution is -0.431. The molecule has 4 nitrogen and oxygen atoms in total. The topological polar surface area (TPSA) is 48.1 Å². The first kappa shape index (κ1) is 12.4. The zero-order valence-electron chi connectivity index (χ0n) is 10.8. The van der Waals surface area contributed by atoms with Crippen LogP contribution in [0.2, 0.25) is 0 Å². The fourth-order valence-electron chi connectivity index (χ4n) is 2.08. The summed E-state index contributed by atoms with van der Waals surface area (Å²) in [7, 11) is 1.95. The number of hydrogen-bond donors (Lipinski definition) is 0. The molecular weight excluding hydrogens is 228 g/mol. The van der Waals surface area contributed by atoms with Crippen molar-refractivity contribution in [1.82, 2.24) is 4.57 Å². The van der Waals surface area contributed by atoms with Crippen molar-refractivity contribution in [2.45, 2.75) is 13.8 Å². The van der Waals surface area contributed by atoms with E-state index in [1.54, 1.807) is 6.08 Å². The Hall–Kier alpha value is -2.10. The van der Waals surface area contributed by atoms with Gasteiger partial charge < -0.3 is 4.57 Å². The molecule has 0 aliphatic carbocycles. The van der Waals surface area contributed by atoms with Gasteiger partial charge in [0.05, 0.1) is 4.92 Å². The van der Waals surface area contributed by atoms with Gasteiger partial charge in [-0.3, -0.25) is 10.1 Å². The van der Waals surface area contributed by atoms with Crippen LogP contribution in [-0.4, -0.2) is 9.49 Å². The van der Waals surface area contributed by atoms with Crippen LogP contribution in [0.25, 0.3) is 17.0 Å². The molecule has 0 bridgehead atoms. The van der Waals surface area contributed by atoms with Crippen LogP contribution in [0.1, 0.15) is 19.4 Å². The van der Waals surface area contributed by atoms with Crippen molar-refractivity contribution in [2.75, 3.05) is 0 Å². The molecule has 94 valence electrons. The molecule has 1 heterocycles. The van der Waals surface area contributed by atoms with Crippen molar-refractivity contribution in [3.63, 3.8) is 0 Å². The van der Waals surface area contributed by atoms with Crippen LogP contribution in [0.5, 0.6) is 0 Å². The number of aromatic nitrogens is 1. The number of allylic oxidation sites excluding steroid dienone is 1. The monoisotopic (exact) mass is 244 g/mol. The second-order valence-corrected chi connectivity index (χ2v) is 4.69. The van der Waals surface area contributed by atoms with Gasteiger partial charge in [0.25, 0.3) is 0 Å². The summed E-state index contributed by atoms with van der Waals surface area (Å²) in [4.78, 5) is 10.7. The average molecular weight is 244 g/mol. The number of benzene rings is 1. The van der Waals surface area contributed by atoms with E-state index in [4.69, 9.17) is 0 Å². The first-order valence-corrected chi connectivity index (χ1v) is 5.90. The summed E-state index contributed by atoms with van der Waals surface area (Å²) in [6.45, 7) is 3.67. The Morgan fingerprint density at radius 1 is 1.39 bits per heavy atom. The highest BCUT2D eigenvalue weighted by molar-refractivity contribution is 5.89. The molecule has 0 saturated heterocycles. The smallest absolute Gasteiger partial charge is 0.249 e. The van der Waals surface area contributed by atoms with Crippen molar-refractivity contribution in [3.05, 3.63) is 51.8 Å². The second kappa shape index (κ2) is 4.64. The SMILES string of the molecule is CC(C)/C(=C/c1cn(C)c2ccccc12)[N+](=O)[O-]. The van der Waals surface area contributed by atoms with Gasteiger partial charge in [-0.25, -0.2) is 0 Å². The van der Waals surface area contributed by atoms with Crippen LogP contribution < -0.4 is 0 Å². The molecular formula is C14H16N2O2. The largest absolute Gasteiger partial charge is 0.350 e. The second-order valence-electron chi connectivity index (χ2n) is 4.69. The zero-order valence-corrected chi connectivity index (χ0v) is 10.8. The van der Waals surface area contributed by atoms with Gasteiger partial charge in [0.15, 0.2) is 0 Å². The Morgan fingerprint density at radius 3 is 2.67 bits per heavy atom. The highest BCUT2D eigenvalue weighted by Crippen LogP contribution is 2.24. The van der Waals surface area contributed by atoms with Crippen molar-refractivity contribution in [3.8, 4) is 0 Å². The summed E-state index contributed by atoms with van der Waals surface area (Å²) in [5, 5.41) is 12.1. The summed E-state index contributed by atoms with van der Waals surface area (Å²) < 4.78 is 1.99. The van der Waals surface area contributed by atoms with Crippen LogP contribution in [0.4, 0.5) is 0 Å². The van der Waals surface area contributed by atoms with E-state index in [1.807, 2.05) is 55.9 Å². The van der Waals surface area contributed by atoms with Crippen molar-refractivity contribution >= 4 is 17.0 Å². The highest BCUT2D eigenvalue weighted by Gasteiger charge is 2.17. The van der Waals surface area contributed by atoms with Crippen molar-refractivity contribution in [1.29, 1.82) is 0 Å². The Kier molecular flexibility index (Phi) is 3.19. The van der Waals surface area contributed by atoms with Crippen molar-refractivity contribution in [2.24, 2.45) is 13.0 Å². The molecule has 0 amide bonds. The number of hydrogen-bond acceptors (Lipinski definition) is 2. The van der Waals surface area contributed by atoms with Crippen LogP contribution in [-0.2, 0) is 7.05 Å². The van der Waals surface area contributed by atoms with Gasteiger partial charge >= 0.3 is 0 Å². The molecule has 0 radical (unpaired) electrons.